The van der Waals surface area contributed by atoms with Crippen molar-refractivity contribution in [1.82, 2.24) is 4.90 Å². The van der Waals surface area contributed by atoms with Crippen molar-refractivity contribution in [2.24, 2.45) is 0 Å². The average molecular weight is 334 g/mol. The minimum Gasteiger partial charge on any atom is -0.355 e. The zero-order valence-electron chi connectivity index (χ0n) is 13.9. The van der Waals surface area contributed by atoms with Gasteiger partial charge in [-0.05, 0) is 42.0 Å². The maximum atomic E-state index is 13.0. The lowest BCUT2D eigenvalue weighted by molar-refractivity contribution is 0.0786. The molecule has 3 aromatic rings. The highest BCUT2D eigenvalue weighted by Gasteiger charge is 2.16. The van der Waals surface area contributed by atoms with Crippen molar-refractivity contribution in [2.45, 2.75) is 6.54 Å². The number of rotatable bonds is 5. The first kappa shape index (κ1) is 16.7. The van der Waals surface area contributed by atoms with Crippen LogP contribution in [-0.2, 0) is 6.54 Å². The molecule has 3 nitrogen and oxygen atoms in total. The predicted molar refractivity (Wildman–Crippen MR) is 98.4 cm³/mol. The number of nitrogens with one attached hydrogen (secondary N) is 1. The Morgan fingerprint density at radius 1 is 0.920 bits per heavy atom. The maximum Gasteiger partial charge on any atom is 0.256 e. The van der Waals surface area contributed by atoms with Gasteiger partial charge in [-0.2, -0.15) is 0 Å². The van der Waals surface area contributed by atoms with Gasteiger partial charge < -0.3 is 10.2 Å². The highest BCUT2D eigenvalue weighted by Crippen LogP contribution is 2.22. The molecular weight excluding hydrogens is 315 g/mol. The normalized spacial score (nSPS) is 10.3. The van der Waals surface area contributed by atoms with Crippen LogP contribution in [0.4, 0.5) is 15.8 Å². The topological polar surface area (TPSA) is 32.3 Å². The van der Waals surface area contributed by atoms with Crippen LogP contribution >= 0.6 is 0 Å². The Labute approximate surface area is 146 Å². The number of para-hydroxylation sites is 2. The smallest absolute Gasteiger partial charge is 0.256 e. The second-order valence-corrected chi connectivity index (χ2v) is 5.82. The molecule has 0 bridgehead atoms. The molecule has 0 saturated heterocycles. The number of benzene rings is 3. The zero-order chi connectivity index (χ0) is 17.6. The molecule has 126 valence electrons. The molecule has 0 heterocycles. The summed E-state index contributed by atoms with van der Waals surface area (Å²) in [6, 6.07) is 23.3. The summed E-state index contributed by atoms with van der Waals surface area (Å²) in [5.74, 6) is -0.376. The first-order valence-corrected chi connectivity index (χ1v) is 8.04. The summed E-state index contributed by atoms with van der Waals surface area (Å²) in [6.07, 6.45) is 0. The van der Waals surface area contributed by atoms with Gasteiger partial charge in [0.25, 0.3) is 5.91 Å². The monoisotopic (exact) mass is 334 g/mol. The van der Waals surface area contributed by atoms with Gasteiger partial charge >= 0.3 is 0 Å². The highest BCUT2D eigenvalue weighted by molar-refractivity contribution is 6.00. The second kappa shape index (κ2) is 7.62. The van der Waals surface area contributed by atoms with Gasteiger partial charge in [-0.1, -0.05) is 42.5 Å². The molecule has 0 saturated carbocycles. The van der Waals surface area contributed by atoms with Crippen LogP contribution in [-0.4, -0.2) is 17.9 Å². The van der Waals surface area contributed by atoms with E-state index in [2.05, 4.69) is 5.32 Å². The van der Waals surface area contributed by atoms with E-state index in [1.54, 1.807) is 30.1 Å². The first-order chi connectivity index (χ1) is 12.1. The molecule has 1 amide bonds. The average Bonchev–Trinajstić information content (AvgIpc) is 2.64. The van der Waals surface area contributed by atoms with Crippen molar-refractivity contribution in [1.29, 1.82) is 0 Å². The molecule has 0 fully saturated rings. The van der Waals surface area contributed by atoms with Crippen molar-refractivity contribution in [2.75, 3.05) is 12.4 Å². The molecule has 0 aromatic heterocycles. The van der Waals surface area contributed by atoms with E-state index in [1.165, 1.54) is 12.1 Å². The van der Waals surface area contributed by atoms with Crippen LogP contribution in [0.1, 0.15) is 15.9 Å². The second-order valence-electron chi connectivity index (χ2n) is 5.82. The van der Waals surface area contributed by atoms with E-state index in [9.17, 15) is 9.18 Å². The molecule has 3 rings (SSSR count). The number of hydrogen-bond donors (Lipinski definition) is 1. The Bertz CT molecular complexity index is 847. The fraction of sp³-hybridized carbons (Fsp3) is 0.0952. The lowest BCUT2D eigenvalue weighted by atomic mass is 10.1. The van der Waals surface area contributed by atoms with Crippen LogP contribution in [0.25, 0.3) is 0 Å². The Morgan fingerprint density at radius 2 is 1.56 bits per heavy atom. The van der Waals surface area contributed by atoms with Crippen molar-refractivity contribution in [3.8, 4) is 0 Å². The molecule has 0 radical (unpaired) electrons. The van der Waals surface area contributed by atoms with Gasteiger partial charge in [0.15, 0.2) is 0 Å². The van der Waals surface area contributed by atoms with Crippen LogP contribution in [0.2, 0.25) is 0 Å². The quantitative estimate of drug-likeness (QED) is 0.724. The van der Waals surface area contributed by atoms with Gasteiger partial charge in [-0.3, -0.25) is 4.79 Å². The minimum absolute atomic E-state index is 0.0941. The van der Waals surface area contributed by atoms with E-state index in [1.807, 2.05) is 48.5 Å². The van der Waals surface area contributed by atoms with Crippen molar-refractivity contribution >= 4 is 17.3 Å². The third-order valence-corrected chi connectivity index (χ3v) is 3.89. The van der Waals surface area contributed by atoms with Crippen molar-refractivity contribution in [3.05, 3.63) is 95.8 Å². The molecule has 25 heavy (non-hydrogen) atoms. The van der Waals surface area contributed by atoms with Gasteiger partial charge in [0.2, 0.25) is 0 Å². The summed E-state index contributed by atoms with van der Waals surface area (Å²) in [4.78, 5) is 14.5. The summed E-state index contributed by atoms with van der Waals surface area (Å²) in [5, 5.41) is 3.28. The lowest BCUT2D eigenvalue weighted by Crippen LogP contribution is -2.26. The van der Waals surface area contributed by atoms with Crippen LogP contribution in [0, 0.1) is 5.82 Å². The van der Waals surface area contributed by atoms with Crippen molar-refractivity contribution in [3.63, 3.8) is 0 Å². The molecule has 0 unspecified atom stereocenters. The van der Waals surface area contributed by atoms with E-state index >= 15 is 0 Å². The summed E-state index contributed by atoms with van der Waals surface area (Å²) >= 11 is 0. The van der Waals surface area contributed by atoms with Crippen LogP contribution in [0.3, 0.4) is 0 Å². The van der Waals surface area contributed by atoms with E-state index in [0.29, 0.717) is 12.1 Å². The Kier molecular flexibility index (Phi) is 5.09. The predicted octanol–water partition coefficient (Wildman–Crippen LogP) is 4.84. The summed E-state index contributed by atoms with van der Waals surface area (Å²) in [7, 11) is 1.74. The van der Waals surface area contributed by atoms with Gasteiger partial charge in [-0.15, -0.1) is 0 Å². The Morgan fingerprint density at radius 3 is 2.28 bits per heavy atom. The Hall–Kier alpha value is -3.14. The van der Waals surface area contributed by atoms with Gasteiger partial charge in [0.05, 0.1) is 11.3 Å². The molecule has 0 atom stereocenters. The van der Waals surface area contributed by atoms with Crippen LogP contribution in [0.5, 0.6) is 0 Å². The number of carbonyl (C=O) groups is 1. The summed E-state index contributed by atoms with van der Waals surface area (Å²) in [6.45, 7) is 0.415. The number of hydrogen-bond acceptors (Lipinski definition) is 2. The summed E-state index contributed by atoms with van der Waals surface area (Å²) in [5.41, 5.74) is 3.15. The van der Waals surface area contributed by atoms with Crippen LogP contribution < -0.4 is 5.32 Å². The van der Waals surface area contributed by atoms with Gasteiger partial charge in [-0.25, -0.2) is 4.39 Å². The van der Waals surface area contributed by atoms with E-state index in [-0.39, 0.29) is 11.7 Å². The van der Waals surface area contributed by atoms with Gasteiger partial charge in [0.1, 0.15) is 5.82 Å². The third-order valence-electron chi connectivity index (χ3n) is 3.89. The molecule has 0 aliphatic carbocycles. The molecule has 1 N–H and O–H groups in total. The van der Waals surface area contributed by atoms with E-state index in [0.717, 1.165) is 16.9 Å². The molecule has 3 aromatic carbocycles. The maximum absolute atomic E-state index is 13.0. The fourth-order valence-electron chi connectivity index (χ4n) is 2.60. The van der Waals surface area contributed by atoms with E-state index < -0.39 is 0 Å². The van der Waals surface area contributed by atoms with Crippen LogP contribution in [0.15, 0.2) is 78.9 Å². The first-order valence-electron chi connectivity index (χ1n) is 8.04. The highest BCUT2D eigenvalue weighted by atomic mass is 19.1. The number of nitrogens with zero attached hydrogens (tertiary/aromatic N) is 1. The molecule has 0 aliphatic heterocycles. The molecule has 0 aliphatic rings. The van der Waals surface area contributed by atoms with Gasteiger partial charge in [0, 0.05) is 19.3 Å². The summed E-state index contributed by atoms with van der Waals surface area (Å²) < 4.78 is 13.0. The largest absolute Gasteiger partial charge is 0.355 e. The van der Waals surface area contributed by atoms with E-state index in [4.69, 9.17) is 0 Å². The third kappa shape index (κ3) is 4.23. The molecular formula is C21H19FN2O. The molecule has 4 heteroatoms. The molecule has 0 spiro atoms. The lowest BCUT2D eigenvalue weighted by Gasteiger charge is -2.20. The SMILES string of the molecule is CN(Cc1ccc(F)cc1)C(=O)c1ccccc1Nc1ccccc1. The standard InChI is InChI=1S/C21H19FN2O/c1-24(15-16-11-13-17(22)14-12-16)21(25)19-9-5-6-10-20(19)23-18-7-3-2-4-8-18/h2-14,23H,15H2,1H3. The van der Waals surface area contributed by atoms with Crippen molar-refractivity contribution < 1.29 is 9.18 Å². The number of anilines is 2. The number of carbonyl (C=O) groups excluding carboxylic acids is 1. The Balaban J connectivity index is 1.78. The minimum atomic E-state index is -0.282. The fourth-order valence-corrected chi connectivity index (χ4v) is 2.60. The number of halogens is 1. The number of amides is 1. The zero-order valence-corrected chi connectivity index (χ0v) is 13.9.